The number of para-hydroxylation sites is 2. The normalized spacial score (nSPS) is 13.9. The van der Waals surface area contributed by atoms with Crippen LogP contribution in [0.5, 0.6) is 11.8 Å². The molecule has 0 amide bonds. The number of carbonyl (C=O) groups excluding carboxylic acids is 1. The number of hydrogen-bond acceptors (Lipinski definition) is 9. The number of rotatable bonds is 6. The van der Waals surface area contributed by atoms with Crippen LogP contribution in [0.3, 0.4) is 0 Å². The summed E-state index contributed by atoms with van der Waals surface area (Å²) in [5, 5.41) is 0. The Morgan fingerprint density at radius 3 is 2.54 bits per heavy atom. The highest BCUT2D eigenvalue weighted by Gasteiger charge is 2.25. The number of carbonyl (C=O) groups is 1. The predicted molar refractivity (Wildman–Crippen MR) is 120 cm³/mol. The standard InChI is InChI=1S/C23H20F2N6O4/c1-33-20(32)14-5-4-6-15(13-14)35-23-28-21(30-9-11-34-12-10-30)27-22(29-23)31-17-8-3-2-7-16(17)26-19(31)18(24)25/h2-8,13,18H,9-12H2,1H3. The van der Waals surface area contributed by atoms with Crippen LogP contribution >= 0.6 is 0 Å². The van der Waals surface area contributed by atoms with Crippen molar-refractivity contribution < 1.29 is 27.8 Å². The van der Waals surface area contributed by atoms with Crippen molar-refractivity contribution in [1.29, 1.82) is 0 Å². The fourth-order valence-electron chi connectivity index (χ4n) is 3.70. The van der Waals surface area contributed by atoms with E-state index in [4.69, 9.17) is 14.2 Å². The predicted octanol–water partition coefficient (Wildman–Crippen LogP) is 3.56. The second-order valence-electron chi connectivity index (χ2n) is 7.53. The van der Waals surface area contributed by atoms with Gasteiger partial charge in [-0.3, -0.25) is 4.57 Å². The van der Waals surface area contributed by atoms with Crippen molar-refractivity contribution in [2.45, 2.75) is 6.43 Å². The molecule has 1 aliphatic heterocycles. The Morgan fingerprint density at radius 2 is 1.77 bits per heavy atom. The summed E-state index contributed by atoms with van der Waals surface area (Å²) in [6.07, 6.45) is -2.87. The maximum absolute atomic E-state index is 14.0. The number of alkyl halides is 2. The average molecular weight is 482 g/mol. The fraction of sp³-hybridized carbons (Fsp3) is 0.261. The summed E-state index contributed by atoms with van der Waals surface area (Å²) >= 11 is 0. The molecule has 0 atom stereocenters. The number of aromatic nitrogens is 5. The van der Waals surface area contributed by atoms with Crippen molar-refractivity contribution in [3.05, 3.63) is 59.9 Å². The number of nitrogens with zero attached hydrogens (tertiary/aromatic N) is 6. The van der Waals surface area contributed by atoms with Gasteiger partial charge in [0.2, 0.25) is 11.9 Å². The Bertz CT molecular complexity index is 1370. The maximum atomic E-state index is 14.0. The molecule has 180 valence electrons. The summed E-state index contributed by atoms with van der Waals surface area (Å²) in [4.78, 5) is 31.0. The number of fused-ring (bicyclic) bond motifs is 1. The van der Waals surface area contributed by atoms with Crippen molar-refractivity contribution in [3.63, 3.8) is 0 Å². The number of methoxy groups -OCH3 is 1. The zero-order chi connectivity index (χ0) is 24.4. The first kappa shape index (κ1) is 22.6. The van der Waals surface area contributed by atoms with E-state index >= 15 is 0 Å². The van der Waals surface area contributed by atoms with Crippen molar-refractivity contribution in [2.24, 2.45) is 0 Å². The van der Waals surface area contributed by atoms with Crippen molar-refractivity contribution in [1.82, 2.24) is 24.5 Å². The first-order chi connectivity index (χ1) is 17.0. The molecule has 0 bridgehead atoms. The molecule has 0 unspecified atom stereocenters. The average Bonchev–Trinajstić information content (AvgIpc) is 3.29. The van der Waals surface area contributed by atoms with Gasteiger partial charge >= 0.3 is 12.0 Å². The van der Waals surface area contributed by atoms with Crippen LogP contribution in [0.1, 0.15) is 22.6 Å². The monoisotopic (exact) mass is 482 g/mol. The molecule has 1 aliphatic rings. The Hall–Kier alpha value is -4.19. The molecule has 3 heterocycles. The third-order valence-electron chi connectivity index (χ3n) is 5.33. The summed E-state index contributed by atoms with van der Waals surface area (Å²) in [5.41, 5.74) is 1.07. The topological polar surface area (TPSA) is 104 Å². The smallest absolute Gasteiger partial charge is 0.337 e. The molecule has 2 aromatic carbocycles. The van der Waals surface area contributed by atoms with E-state index in [2.05, 4.69) is 19.9 Å². The highest BCUT2D eigenvalue weighted by atomic mass is 19.3. The summed E-state index contributed by atoms with van der Waals surface area (Å²) in [6.45, 7) is 1.95. The molecule has 4 aromatic rings. The molecule has 0 aliphatic carbocycles. The number of ether oxygens (including phenoxy) is 3. The molecule has 5 rings (SSSR count). The van der Waals surface area contributed by atoms with E-state index < -0.39 is 18.2 Å². The Labute approximate surface area is 198 Å². The Balaban J connectivity index is 1.63. The van der Waals surface area contributed by atoms with Gasteiger partial charge in [-0.1, -0.05) is 18.2 Å². The summed E-state index contributed by atoms with van der Waals surface area (Å²) in [5.74, 6) is -0.584. The van der Waals surface area contributed by atoms with Crippen LogP contribution in [0.2, 0.25) is 0 Å². The lowest BCUT2D eigenvalue weighted by atomic mass is 10.2. The van der Waals surface area contributed by atoms with Crippen LogP contribution in [0.15, 0.2) is 48.5 Å². The van der Waals surface area contributed by atoms with E-state index in [1.54, 1.807) is 42.5 Å². The van der Waals surface area contributed by atoms with Gasteiger partial charge in [0, 0.05) is 13.1 Å². The van der Waals surface area contributed by atoms with Gasteiger partial charge in [0.15, 0.2) is 5.82 Å². The Morgan fingerprint density at radius 1 is 1.00 bits per heavy atom. The van der Waals surface area contributed by atoms with Gasteiger partial charge in [-0.25, -0.2) is 18.6 Å². The van der Waals surface area contributed by atoms with E-state index in [-0.39, 0.29) is 29.2 Å². The minimum Gasteiger partial charge on any atom is -0.465 e. The zero-order valence-electron chi connectivity index (χ0n) is 18.6. The molecule has 0 spiro atoms. The lowest BCUT2D eigenvalue weighted by molar-refractivity contribution is 0.0600. The molecule has 12 heteroatoms. The lowest BCUT2D eigenvalue weighted by Crippen LogP contribution is -2.37. The second-order valence-corrected chi connectivity index (χ2v) is 7.53. The first-order valence-corrected chi connectivity index (χ1v) is 10.7. The Kier molecular flexibility index (Phi) is 6.19. The van der Waals surface area contributed by atoms with Crippen LogP contribution in [0.25, 0.3) is 17.0 Å². The van der Waals surface area contributed by atoms with Gasteiger partial charge in [-0.2, -0.15) is 15.0 Å². The number of benzene rings is 2. The number of anilines is 1. The van der Waals surface area contributed by atoms with E-state index in [9.17, 15) is 13.6 Å². The largest absolute Gasteiger partial charge is 0.465 e. The number of imidazole rings is 1. The quantitative estimate of drug-likeness (QED) is 0.382. The minimum atomic E-state index is -2.87. The van der Waals surface area contributed by atoms with Gasteiger partial charge in [0.1, 0.15) is 5.75 Å². The van der Waals surface area contributed by atoms with Crippen molar-refractivity contribution >= 4 is 23.0 Å². The SMILES string of the molecule is COC(=O)c1cccc(Oc2nc(N3CCOCC3)nc(-n3c(C(F)F)nc4ccccc43)n2)c1. The van der Waals surface area contributed by atoms with E-state index in [1.807, 2.05) is 4.90 Å². The number of esters is 1. The number of hydrogen-bond donors (Lipinski definition) is 0. The summed E-state index contributed by atoms with van der Waals surface area (Å²) in [6, 6.07) is 12.9. The number of halogens is 2. The lowest BCUT2D eigenvalue weighted by Gasteiger charge is -2.27. The van der Waals surface area contributed by atoms with Gasteiger partial charge in [-0.05, 0) is 30.3 Å². The van der Waals surface area contributed by atoms with E-state index in [0.717, 1.165) is 0 Å². The van der Waals surface area contributed by atoms with E-state index in [0.29, 0.717) is 37.3 Å². The molecule has 35 heavy (non-hydrogen) atoms. The third kappa shape index (κ3) is 4.60. The van der Waals surface area contributed by atoms with Crippen LogP contribution in [-0.2, 0) is 9.47 Å². The van der Waals surface area contributed by atoms with Gasteiger partial charge in [0.05, 0.1) is 36.9 Å². The van der Waals surface area contributed by atoms with E-state index in [1.165, 1.54) is 17.7 Å². The van der Waals surface area contributed by atoms with Gasteiger partial charge in [-0.15, -0.1) is 0 Å². The zero-order valence-corrected chi connectivity index (χ0v) is 18.6. The molecular weight excluding hydrogens is 462 g/mol. The van der Waals surface area contributed by atoms with Crippen LogP contribution in [0.4, 0.5) is 14.7 Å². The minimum absolute atomic E-state index is 0.0652. The molecule has 0 N–H and O–H groups in total. The molecule has 0 saturated carbocycles. The molecular formula is C23H20F2N6O4. The maximum Gasteiger partial charge on any atom is 0.337 e. The molecule has 10 nitrogen and oxygen atoms in total. The summed E-state index contributed by atoms with van der Waals surface area (Å²) < 4.78 is 45.1. The third-order valence-corrected chi connectivity index (χ3v) is 5.33. The fourth-order valence-corrected chi connectivity index (χ4v) is 3.70. The van der Waals surface area contributed by atoms with Crippen LogP contribution in [0, 0.1) is 0 Å². The highest BCUT2D eigenvalue weighted by molar-refractivity contribution is 5.89. The first-order valence-electron chi connectivity index (χ1n) is 10.7. The number of morpholine rings is 1. The second kappa shape index (κ2) is 9.58. The molecule has 1 saturated heterocycles. The van der Waals surface area contributed by atoms with Gasteiger partial charge < -0.3 is 19.1 Å². The van der Waals surface area contributed by atoms with Crippen LogP contribution < -0.4 is 9.64 Å². The van der Waals surface area contributed by atoms with Crippen molar-refractivity contribution in [2.75, 3.05) is 38.3 Å². The highest BCUT2D eigenvalue weighted by Crippen LogP contribution is 2.29. The summed E-state index contributed by atoms with van der Waals surface area (Å²) in [7, 11) is 1.28. The van der Waals surface area contributed by atoms with Crippen LogP contribution in [-0.4, -0.2) is 63.9 Å². The van der Waals surface area contributed by atoms with Gasteiger partial charge in [0.25, 0.3) is 6.43 Å². The molecule has 2 aromatic heterocycles. The molecule has 1 fully saturated rings. The molecule has 0 radical (unpaired) electrons. The van der Waals surface area contributed by atoms with Crippen molar-refractivity contribution in [3.8, 4) is 17.7 Å².